The molecule has 0 saturated heterocycles. The maximum Gasteiger partial charge on any atom is 0.268 e. The van der Waals surface area contributed by atoms with Crippen molar-refractivity contribution in [2.24, 2.45) is 0 Å². The number of benzene rings is 2. The molecule has 0 fully saturated rings. The molecule has 35 heavy (non-hydrogen) atoms. The van der Waals surface area contributed by atoms with Crippen molar-refractivity contribution in [1.82, 2.24) is 19.2 Å². The molecule has 2 aromatic carbocycles. The predicted octanol–water partition coefficient (Wildman–Crippen LogP) is 2.40. The smallest absolute Gasteiger partial charge is 0.268 e. The number of hydrogen-bond acceptors (Lipinski definition) is 6. The summed E-state index contributed by atoms with van der Waals surface area (Å²) in [4.78, 5) is 30.0. The van der Waals surface area contributed by atoms with Crippen LogP contribution in [0.4, 0.5) is 5.69 Å². The number of carbonyl (C=O) groups is 1. The van der Waals surface area contributed by atoms with Gasteiger partial charge in [-0.05, 0) is 29.8 Å². The molecule has 1 atom stereocenters. The van der Waals surface area contributed by atoms with E-state index in [1.165, 1.54) is 21.5 Å². The minimum atomic E-state index is -0.124. The van der Waals surface area contributed by atoms with E-state index in [-0.39, 0.29) is 17.2 Å². The van der Waals surface area contributed by atoms with Crippen molar-refractivity contribution in [1.29, 1.82) is 0 Å². The van der Waals surface area contributed by atoms with Crippen LogP contribution in [0.1, 0.15) is 10.4 Å². The zero-order chi connectivity index (χ0) is 23.9. The fourth-order valence-corrected chi connectivity index (χ4v) is 6.77. The topological polar surface area (TPSA) is 85.7 Å². The number of hydrogen-bond donors (Lipinski definition) is 2. The van der Waals surface area contributed by atoms with Crippen LogP contribution in [0, 0.1) is 0 Å². The Bertz CT molecular complexity index is 1610. The van der Waals surface area contributed by atoms with Gasteiger partial charge in [0.1, 0.15) is 11.4 Å². The van der Waals surface area contributed by atoms with Gasteiger partial charge in [-0.1, -0.05) is 48.2 Å². The highest BCUT2D eigenvalue weighted by Crippen LogP contribution is 2.33. The van der Waals surface area contributed by atoms with Crippen molar-refractivity contribution in [3.63, 3.8) is 0 Å². The number of nitrogens with one attached hydrogen (secondary N) is 2. The highest BCUT2D eigenvalue weighted by Gasteiger charge is 2.28. The number of amides is 1. The zero-order valence-electron chi connectivity index (χ0n) is 19.0. The molecule has 2 N–H and O–H groups in total. The molecule has 5 aromatic rings. The van der Waals surface area contributed by atoms with Gasteiger partial charge in [0.15, 0.2) is 5.16 Å². The fourth-order valence-electron chi connectivity index (χ4n) is 4.52. The number of carbonyl (C=O) groups excluding carboxylic acids is 1. The lowest BCUT2D eigenvalue weighted by Gasteiger charge is -2.19. The van der Waals surface area contributed by atoms with Crippen molar-refractivity contribution in [3.05, 3.63) is 81.5 Å². The summed E-state index contributed by atoms with van der Waals surface area (Å²) in [7, 11) is 2.18. The first kappa shape index (κ1) is 22.0. The number of fused-ring (bicyclic) bond motifs is 5. The van der Waals surface area contributed by atoms with Crippen molar-refractivity contribution < 1.29 is 9.69 Å². The van der Waals surface area contributed by atoms with Gasteiger partial charge in [-0.2, -0.15) is 0 Å². The molecule has 1 amide bonds. The second-order valence-corrected chi connectivity index (χ2v) is 10.6. The van der Waals surface area contributed by atoms with E-state index < -0.39 is 0 Å². The molecule has 0 bridgehead atoms. The van der Waals surface area contributed by atoms with Crippen LogP contribution in [0.15, 0.2) is 70.6 Å². The lowest BCUT2D eigenvalue weighted by molar-refractivity contribution is -0.895. The summed E-state index contributed by atoms with van der Waals surface area (Å²) >= 11 is 2.96. The van der Waals surface area contributed by atoms with Crippen LogP contribution in [-0.2, 0) is 17.8 Å². The molecule has 1 aliphatic rings. The van der Waals surface area contributed by atoms with Crippen LogP contribution in [0.2, 0.25) is 0 Å². The van der Waals surface area contributed by atoms with Crippen LogP contribution in [0.5, 0.6) is 0 Å². The monoisotopic (exact) mass is 503 g/mol. The lowest BCUT2D eigenvalue weighted by atomic mass is 10.1. The Balaban J connectivity index is 1.47. The molecule has 3 aromatic heterocycles. The van der Waals surface area contributed by atoms with Crippen LogP contribution < -0.4 is 15.8 Å². The largest absolute Gasteiger partial charge is 0.333 e. The summed E-state index contributed by atoms with van der Waals surface area (Å²) in [6.45, 7) is 1.89. The second kappa shape index (κ2) is 8.95. The predicted molar refractivity (Wildman–Crippen MR) is 139 cm³/mol. The van der Waals surface area contributed by atoms with E-state index in [4.69, 9.17) is 0 Å². The van der Waals surface area contributed by atoms with E-state index in [0.717, 1.165) is 46.7 Å². The molecular formula is C25H23N6O2S2+. The zero-order valence-corrected chi connectivity index (χ0v) is 20.7. The molecule has 0 spiro atoms. The van der Waals surface area contributed by atoms with E-state index in [1.54, 1.807) is 15.9 Å². The number of likely N-dealkylation sites (N-methyl/N-ethyl adjacent to an activating group) is 1. The van der Waals surface area contributed by atoms with Crippen LogP contribution in [-0.4, -0.2) is 44.4 Å². The molecule has 1 unspecified atom stereocenters. The first-order chi connectivity index (χ1) is 17.1. The molecule has 10 heteroatoms. The number of thioether (sulfide) groups is 1. The minimum Gasteiger partial charge on any atom is -0.333 e. The van der Waals surface area contributed by atoms with Crippen molar-refractivity contribution in [2.75, 3.05) is 24.7 Å². The lowest BCUT2D eigenvalue weighted by Crippen LogP contribution is -3.08. The SMILES string of the molecule is C[NH+]1CCc2c(sc3c2c(=O)n(-c2ccccc2)c2nnc(SCC(=O)Nc4ccccc4)n32)C1. The van der Waals surface area contributed by atoms with Gasteiger partial charge in [-0.15, -0.1) is 21.5 Å². The molecule has 6 rings (SSSR count). The summed E-state index contributed by atoms with van der Waals surface area (Å²) in [6.07, 6.45) is 0.862. The summed E-state index contributed by atoms with van der Waals surface area (Å²) in [5.74, 6) is 0.514. The number of rotatable bonds is 5. The molecule has 8 nitrogen and oxygen atoms in total. The van der Waals surface area contributed by atoms with Crippen LogP contribution >= 0.6 is 23.1 Å². The maximum absolute atomic E-state index is 13.8. The highest BCUT2D eigenvalue weighted by atomic mass is 32.2. The summed E-state index contributed by atoms with van der Waals surface area (Å²) < 4.78 is 3.59. The molecule has 0 saturated carbocycles. The molecule has 4 heterocycles. The number of aromatic nitrogens is 4. The van der Waals surface area contributed by atoms with Gasteiger partial charge in [-0.25, -0.2) is 8.97 Å². The highest BCUT2D eigenvalue weighted by molar-refractivity contribution is 7.99. The third kappa shape index (κ3) is 3.93. The Morgan fingerprint density at radius 3 is 2.63 bits per heavy atom. The standard InChI is InChI=1S/C25H22N6O2S2/c1-29-13-12-18-19(14-29)35-23-21(18)22(33)30(17-10-6-3-7-11-17)24-27-28-25(31(23)24)34-15-20(32)26-16-8-4-2-5-9-16/h2-11H,12-15H2,1H3,(H,26,32)/p+1. The Labute approximate surface area is 209 Å². The van der Waals surface area contributed by atoms with E-state index in [9.17, 15) is 9.59 Å². The molecular weight excluding hydrogens is 480 g/mol. The Morgan fingerprint density at radius 2 is 1.86 bits per heavy atom. The van der Waals surface area contributed by atoms with Crippen LogP contribution in [0.25, 0.3) is 21.7 Å². The number of nitrogens with zero attached hydrogens (tertiary/aromatic N) is 4. The third-order valence-corrected chi connectivity index (χ3v) is 8.32. The van der Waals surface area contributed by atoms with Crippen molar-refractivity contribution >= 4 is 50.7 Å². The average Bonchev–Trinajstić information content (AvgIpc) is 3.45. The van der Waals surface area contributed by atoms with E-state index in [2.05, 4.69) is 22.6 Å². The van der Waals surface area contributed by atoms with E-state index in [0.29, 0.717) is 10.9 Å². The number of quaternary nitrogens is 1. The van der Waals surface area contributed by atoms with E-state index in [1.807, 2.05) is 65.1 Å². The van der Waals surface area contributed by atoms with Gasteiger partial charge in [0.25, 0.3) is 5.56 Å². The maximum atomic E-state index is 13.8. The number of thiophene rings is 1. The van der Waals surface area contributed by atoms with Crippen LogP contribution in [0.3, 0.4) is 0 Å². The molecule has 1 aliphatic heterocycles. The quantitative estimate of drug-likeness (QED) is 0.360. The molecule has 0 radical (unpaired) electrons. The van der Waals surface area contributed by atoms with Gasteiger partial charge in [0, 0.05) is 12.1 Å². The third-order valence-electron chi connectivity index (χ3n) is 6.18. The number of anilines is 1. The Hall–Kier alpha value is -3.47. The normalized spacial score (nSPS) is 15.4. The number of para-hydroxylation sites is 2. The molecule has 176 valence electrons. The minimum absolute atomic E-state index is 0.0680. The van der Waals surface area contributed by atoms with Gasteiger partial charge in [0.05, 0.1) is 35.3 Å². The Kier molecular flexibility index (Phi) is 5.63. The first-order valence-electron chi connectivity index (χ1n) is 11.4. The van der Waals surface area contributed by atoms with Gasteiger partial charge in [0.2, 0.25) is 11.7 Å². The first-order valence-corrected chi connectivity index (χ1v) is 13.2. The summed E-state index contributed by atoms with van der Waals surface area (Å²) in [5.41, 5.74) is 2.57. The summed E-state index contributed by atoms with van der Waals surface area (Å²) in [6, 6.07) is 18.9. The van der Waals surface area contributed by atoms with Gasteiger partial charge >= 0.3 is 0 Å². The summed E-state index contributed by atoms with van der Waals surface area (Å²) in [5, 5.41) is 13.1. The fraction of sp³-hybridized carbons (Fsp3) is 0.200. The molecule has 0 aliphatic carbocycles. The van der Waals surface area contributed by atoms with Gasteiger partial charge in [-0.3, -0.25) is 9.59 Å². The van der Waals surface area contributed by atoms with Gasteiger partial charge < -0.3 is 10.2 Å². The Morgan fingerprint density at radius 1 is 1.11 bits per heavy atom. The van der Waals surface area contributed by atoms with Crippen molar-refractivity contribution in [3.8, 4) is 5.69 Å². The van der Waals surface area contributed by atoms with Crippen molar-refractivity contribution in [2.45, 2.75) is 18.1 Å². The van der Waals surface area contributed by atoms with E-state index >= 15 is 0 Å². The average molecular weight is 504 g/mol. The second-order valence-electron chi connectivity index (χ2n) is 8.61.